The van der Waals surface area contributed by atoms with Gasteiger partial charge in [0.1, 0.15) is 0 Å². The maximum absolute atomic E-state index is 12.8. The molecule has 3 aromatic carbocycles. The Morgan fingerprint density at radius 2 is 1.63 bits per heavy atom. The molecule has 0 atom stereocenters. The summed E-state index contributed by atoms with van der Waals surface area (Å²) in [5, 5.41) is 3.99. The Morgan fingerprint density at radius 3 is 2.34 bits per heavy atom. The third-order valence-corrected chi connectivity index (χ3v) is 6.45. The van der Waals surface area contributed by atoms with Crippen LogP contribution in [0.3, 0.4) is 0 Å². The van der Waals surface area contributed by atoms with E-state index in [2.05, 4.69) is 47.6 Å². The molecule has 4 heteroatoms. The second-order valence-corrected chi connectivity index (χ2v) is 8.96. The summed E-state index contributed by atoms with van der Waals surface area (Å²) < 4.78 is 0. The number of benzene rings is 3. The Bertz CT molecular complexity index is 1360. The van der Waals surface area contributed by atoms with Crippen molar-refractivity contribution in [1.82, 2.24) is 10.3 Å². The van der Waals surface area contributed by atoms with Crippen molar-refractivity contribution in [3.63, 3.8) is 0 Å². The molecular formula is C31H32N2O2. The summed E-state index contributed by atoms with van der Waals surface area (Å²) in [4.78, 5) is 29.9. The van der Waals surface area contributed by atoms with E-state index in [1.54, 1.807) is 6.20 Å². The van der Waals surface area contributed by atoms with E-state index in [9.17, 15) is 9.59 Å². The number of aryl methyl sites for hydroxylation is 1. The molecule has 0 radical (unpaired) electrons. The van der Waals surface area contributed by atoms with Crippen LogP contribution in [0.4, 0.5) is 0 Å². The summed E-state index contributed by atoms with van der Waals surface area (Å²) in [6.07, 6.45) is 4.85. The normalized spacial score (nSPS) is 10.9. The Morgan fingerprint density at radius 1 is 0.886 bits per heavy atom. The number of pyridine rings is 1. The highest BCUT2D eigenvalue weighted by molar-refractivity contribution is 6.02. The zero-order valence-corrected chi connectivity index (χ0v) is 20.7. The average molecular weight is 465 g/mol. The monoisotopic (exact) mass is 464 g/mol. The van der Waals surface area contributed by atoms with E-state index in [1.165, 1.54) is 0 Å². The number of nitrogens with zero attached hydrogens (tertiary/aromatic N) is 1. The van der Waals surface area contributed by atoms with E-state index in [1.807, 2.05) is 50.2 Å². The maximum Gasteiger partial charge on any atom is 0.251 e. The molecule has 1 heterocycles. The van der Waals surface area contributed by atoms with Crippen LogP contribution in [-0.4, -0.2) is 23.2 Å². The molecule has 0 saturated carbocycles. The molecule has 0 fully saturated rings. The van der Waals surface area contributed by atoms with Gasteiger partial charge in [-0.3, -0.25) is 14.6 Å². The van der Waals surface area contributed by atoms with Gasteiger partial charge in [0.25, 0.3) is 5.91 Å². The molecular weight excluding hydrogens is 432 g/mol. The van der Waals surface area contributed by atoms with Crippen LogP contribution >= 0.6 is 0 Å². The first kappa shape index (κ1) is 24.3. The fourth-order valence-corrected chi connectivity index (χ4v) is 4.42. The molecule has 0 bridgehead atoms. The molecule has 35 heavy (non-hydrogen) atoms. The number of carbonyl (C=O) groups is 2. The first-order valence-electron chi connectivity index (χ1n) is 12.4. The smallest absolute Gasteiger partial charge is 0.251 e. The number of Topliss-reactive ketones (excluding diaryl/α,β-unsaturated/α-hetero) is 1. The van der Waals surface area contributed by atoms with E-state index >= 15 is 0 Å². The molecule has 4 aromatic rings. The molecule has 0 aliphatic rings. The van der Waals surface area contributed by atoms with Gasteiger partial charge in [0.05, 0.1) is 5.52 Å². The van der Waals surface area contributed by atoms with Gasteiger partial charge >= 0.3 is 0 Å². The number of carbonyl (C=O) groups excluding carboxylic acids is 2. The lowest BCUT2D eigenvalue weighted by Crippen LogP contribution is -2.25. The lowest BCUT2D eigenvalue weighted by atomic mass is 9.92. The van der Waals surface area contributed by atoms with Crippen LogP contribution in [-0.2, 0) is 6.42 Å². The number of hydrogen-bond donors (Lipinski definition) is 1. The SMILES string of the molecule is CCCCNC(=O)c1ccc(-c2ccc3ncc(C(=O)CC)c(Cc4ccccc4)c3c2)cc1C. The highest BCUT2D eigenvalue weighted by Gasteiger charge is 2.16. The van der Waals surface area contributed by atoms with Crippen molar-refractivity contribution in [2.75, 3.05) is 6.54 Å². The molecule has 0 unspecified atom stereocenters. The molecule has 1 aromatic heterocycles. The molecule has 0 saturated heterocycles. The fraction of sp³-hybridized carbons (Fsp3) is 0.258. The number of rotatable bonds is 9. The summed E-state index contributed by atoms with van der Waals surface area (Å²) in [5.41, 5.74) is 7.45. The van der Waals surface area contributed by atoms with Crippen molar-refractivity contribution in [3.8, 4) is 11.1 Å². The largest absolute Gasteiger partial charge is 0.352 e. The summed E-state index contributed by atoms with van der Waals surface area (Å²) in [7, 11) is 0. The lowest BCUT2D eigenvalue weighted by Gasteiger charge is -2.14. The molecule has 1 N–H and O–H groups in total. The second kappa shape index (κ2) is 11.1. The van der Waals surface area contributed by atoms with Crippen LogP contribution in [0.5, 0.6) is 0 Å². The molecule has 0 aliphatic carbocycles. The first-order valence-corrected chi connectivity index (χ1v) is 12.4. The van der Waals surface area contributed by atoms with Crippen LogP contribution in [0.1, 0.15) is 70.5 Å². The molecule has 1 amide bonds. The van der Waals surface area contributed by atoms with E-state index in [-0.39, 0.29) is 11.7 Å². The number of amides is 1. The quantitative estimate of drug-likeness (QED) is 0.216. The minimum Gasteiger partial charge on any atom is -0.352 e. The number of unbranched alkanes of at least 4 members (excludes halogenated alkanes) is 1. The topological polar surface area (TPSA) is 59.1 Å². The van der Waals surface area contributed by atoms with Gasteiger partial charge in [0.15, 0.2) is 5.78 Å². The van der Waals surface area contributed by atoms with E-state index in [0.717, 1.165) is 51.6 Å². The molecule has 0 spiro atoms. The molecule has 178 valence electrons. The van der Waals surface area contributed by atoms with Crippen molar-refractivity contribution in [2.45, 2.75) is 46.5 Å². The predicted molar refractivity (Wildman–Crippen MR) is 143 cm³/mol. The van der Waals surface area contributed by atoms with Crippen molar-refractivity contribution in [2.24, 2.45) is 0 Å². The van der Waals surface area contributed by atoms with Gasteiger partial charge in [0, 0.05) is 35.7 Å². The zero-order valence-electron chi connectivity index (χ0n) is 20.7. The molecule has 4 rings (SSSR count). The predicted octanol–water partition coefficient (Wildman–Crippen LogP) is 6.92. The van der Waals surface area contributed by atoms with Crippen LogP contribution in [0.2, 0.25) is 0 Å². The van der Waals surface area contributed by atoms with Crippen LogP contribution in [0, 0.1) is 6.92 Å². The number of hydrogen-bond acceptors (Lipinski definition) is 3. The van der Waals surface area contributed by atoms with Crippen molar-refractivity contribution < 1.29 is 9.59 Å². The van der Waals surface area contributed by atoms with Crippen LogP contribution in [0.15, 0.2) is 72.9 Å². The Hall–Kier alpha value is -3.79. The third-order valence-electron chi connectivity index (χ3n) is 6.45. The standard InChI is InChI=1S/C31H32N2O2/c1-4-6-16-32-31(35)25-14-12-23(17-21(25)3)24-13-15-29-27(19-24)26(18-22-10-8-7-9-11-22)28(20-33-29)30(34)5-2/h7-15,17,19-20H,4-6,16,18H2,1-3H3,(H,32,35). The Kier molecular flexibility index (Phi) is 7.71. The van der Waals surface area contributed by atoms with Crippen molar-refractivity contribution in [3.05, 3.63) is 101 Å². The molecule has 0 aliphatic heterocycles. The van der Waals surface area contributed by atoms with Gasteiger partial charge in [-0.05, 0) is 65.8 Å². The maximum atomic E-state index is 12.8. The fourth-order valence-electron chi connectivity index (χ4n) is 4.42. The van der Waals surface area contributed by atoms with Gasteiger partial charge in [-0.25, -0.2) is 0 Å². The van der Waals surface area contributed by atoms with E-state index in [0.29, 0.717) is 30.5 Å². The number of fused-ring (bicyclic) bond motifs is 1. The van der Waals surface area contributed by atoms with Gasteiger partial charge in [-0.2, -0.15) is 0 Å². The third kappa shape index (κ3) is 5.48. The molecule has 4 nitrogen and oxygen atoms in total. The van der Waals surface area contributed by atoms with Gasteiger partial charge in [0.2, 0.25) is 0 Å². The second-order valence-electron chi connectivity index (χ2n) is 8.96. The highest BCUT2D eigenvalue weighted by atomic mass is 16.1. The Labute approximate surface area is 207 Å². The zero-order chi connectivity index (χ0) is 24.8. The first-order chi connectivity index (χ1) is 17.0. The highest BCUT2D eigenvalue weighted by Crippen LogP contribution is 2.30. The van der Waals surface area contributed by atoms with Gasteiger partial charge in [-0.1, -0.05) is 68.8 Å². The van der Waals surface area contributed by atoms with Crippen molar-refractivity contribution >= 4 is 22.6 Å². The van der Waals surface area contributed by atoms with Gasteiger partial charge < -0.3 is 5.32 Å². The lowest BCUT2D eigenvalue weighted by molar-refractivity contribution is 0.0950. The summed E-state index contributed by atoms with van der Waals surface area (Å²) in [5.74, 6) is 0.0723. The van der Waals surface area contributed by atoms with E-state index < -0.39 is 0 Å². The number of aromatic nitrogens is 1. The van der Waals surface area contributed by atoms with Crippen LogP contribution in [0.25, 0.3) is 22.0 Å². The summed E-state index contributed by atoms with van der Waals surface area (Å²) >= 11 is 0. The van der Waals surface area contributed by atoms with Gasteiger partial charge in [-0.15, -0.1) is 0 Å². The Balaban J connectivity index is 1.75. The van der Waals surface area contributed by atoms with Crippen molar-refractivity contribution in [1.29, 1.82) is 0 Å². The average Bonchev–Trinajstić information content (AvgIpc) is 2.88. The van der Waals surface area contributed by atoms with E-state index in [4.69, 9.17) is 0 Å². The number of nitrogens with one attached hydrogen (secondary N) is 1. The summed E-state index contributed by atoms with van der Waals surface area (Å²) in [6, 6.07) is 22.4. The minimum atomic E-state index is -0.0296. The minimum absolute atomic E-state index is 0.0296. The summed E-state index contributed by atoms with van der Waals surface area (Å²) in [6.45, 7) is 6.66. The van der Waals surface area contributed by atoms with Crippen LogP contribution < -0.4 is 5.32 Å². The number of ketones is 1.